The van der Waals surface area contributed by atoms with E-state index in [1.165, 1.54) is 6.92 Å². The van der Waals surface area contributed by atoms with Gasteiger partial charge in [0.1, 0.15) is 6.79 Å². The van der Waals surface area contributed by atoms with Crippen molar-refractivity contribution in [2.45, 2.75) is 87.3 Å². The fourth-order valence-electron chi connectivity index (χ4n) is 6.67. The van der Waals surface area contributed by atoms with Crippen molar-refractivity contribution in [1.29, 1.82) is 0 Å². The molecule has 11 heteroatoms. The Kier molecular flexibility index (Phi) is 8.66. The number of amides is 1. The highest BCUT2D eigenvalue weighted by molar-refractivity contribution is 5.84. The maximum absolute atomic E-state index is 13.6. The minimum Gasteiger partial charge on any atom is -0.355 e. The molecule has 2 aliphatic heterocycles. The van der Waals surface area contributed by atoms with Crippen LogP contribution in [0, 0.1) is 0 Å². The molecule has 3 aliphatic rings. The van der Waals surface area contributed by atoms with Gasteiger partial charge in [0.05, 0.1) is 34.8 Å². The van der Waals surface area contributed by atoms with Crippen LogP contribution in [0.15, 0.2) is 48.5 Å². The molecule has 0 bridgehead atoms. The molecule has 0 unspecified atom stereocenters. The summed E-state index contributed by atoms with van der Waals surface area (Å²) in [5.74, 6) is -1.84. The quantitative estimate of drug-likeness (QED) is 0.377. The molecule has 5 rings (SSSR count). The lowest BCUT2D eigenvalue weighted by Crippen LogP contribution is -2.55. The van der Waals surface area contributed by atoms with E-state index in [0.29, 0.717) is 44.4 Å². The van der Waals surface area contributed by atoms with Crippen LogP contribution in [-0.2, 0) is 32.2 Å². The van der Waals surface area contributed by atoms with Gasteiger partial charge in [-0.25, -0.2) is 0 Å². The molecule has 230 valence electrons. The van der Waals surface area contributed by atoms with Crippen LogP contribution in [-0.4, -0.2) is 48.9 Å². The second kappa shape index (κ2) is 11.8. The summed E-state index contributed by atoms with van der Waals surface area (Å²) in [6.45, 7) is 4.20. The van der Waals surface area contributed by atoms with Crippen LogP contribution < -0.4 is 5.32 Å². The second-order valence-electron chi connectivity index (χ2n) is 11.9. The summed E-state index contributed by atoms with van der Waals surface area (Å²) < 4.78 is 92.1. The molecule has 1 aliphatic carbocycles. The van der Waals surface area contributed by atoms with E-state index in [2.05, 4.69) is 10.2 Å². The normalized spacial score (nSPS) is 26.1. The average Bonchev–Trinajstić information content (AvgIpc) is 2.97. The Bertz CT molecular complexity index is 1190. The minimum atomic E-state index is -4.99. The molecule has 1 spiro atoms. The van der Waals surface area contributed by atoms with Crippen molar-refractivity contribution >= 4 is 5.91 Å². The molecule has 1 saturated carbocycles. The van der Waals surface area contributed by atoms with Gasteiger partial charge in [-0.1, -0.05) is 30.3 Å². The summed E-state index contributed by atoms with van der Waals surface area (Å²) in [5.41, 5.74) is -3.21. The van der Waals surface area contributed by atoms with Crippen molar-refractivity contribution in [1.82, 2.24) is 10.2 Å². The third-order valence-corrected chi connectivity index (χ3v) is 9.38. The molecule has 5 nitrogen and oxygen atoms in total. The molecule has 0 radical (unpaired) electrons. The van der Waals surface area contributed by atoms with Crippen LogP contribution in [0.3, 0.4) is 0 Å². The van der Waals surface area contributed by atoms with Gasteiger partial charge in [0.2, 0.25) is 5.91 Å². The summed E-state index contributed by atoms with van der Waals surface area (Å²) in [5, 5.41) is 3.08. The first-order valence-corrected chi connectivity index (χ1v) is 14.4. The first kappa shape index (κ1) is 30.8. The van der Waals surface area contributed by atoms with E-state index in [9.17, 15) is 31.1 Å². The van der Waals surface area contributed by atoms with Crippen molar-refractivity contribution in [3.05, 3.63) is 70.8 Å². The van der Waals surface area contributed by atoms with Gasteiger partial charge in [0, 0.05) is 25.6 Å². The van der Waals surface area contributed by atoms with Crippen molar-refractivity contribution in [3.8, 4) is 0 Å². The Morgan fingerprint density at radius 3 is 2.02 bits per heavy atom. The number of alkyl halides is 6. The number of rotatable bonds is 5. The molecule has 0 aromatic heterocycles. The topological polar surface area (TPSA) is 50.8 Å². The number of halogens is 6. The third-order valence-electron chi connectivity index (χ3n) is 9.38. The van der Waals surface area contributed by atoms with Crippen molar-refractivity contribution in [2.24, 2.45) is 0 Å². The van der Waals surface area contributed by atoms with E-state index in [1.54, 1.807) is 0 Å². The summed E-state index contributed by atoms with van der Waals surface area (Å²) in [7, 11) is 0. The fraction of sp³-hybridized carbons (Fsp3) is 0.581. The fourth-order valence-corrected chi connectivity index (χ4v) is 6.67. The Labute approximate surface area is 241 Å². The van der Waals surface area contributed by atoms with Crippen LogP contribution in [0.2, 0.25) is 0 Å². The Morgan fingerprint density at radius 1 is 0.905 bits per heavy atom. The number of benzene rings is 2. The second-order valence-corrected chi connectivity index (χ2v) is 11.9. The van der Waals surface area contributed by atoms with Crippen LogP contribution in [0.25, 0.3) is 0 Å². The Morgan fingerprint density at radius 2 is 1.50 bits per heavy atom. The highest BCUT2D eigenvalue weighted by Crippen LogP contribution is 2.42. The summed E-state index contributed by atoms with van der Waals surface area (Å²) in [6.07, 6.45) is -4.43. The van der Waals surface area contributed by atoms with Gasteiger partial charge in [0.15, 0.2) is 0 Å². The number of carbonyl (C=O) groups excluding carboxylic acids is 1. The van der Waals surface area contributed by atoms with Gasteiger partial charge in [0.25, 0.3) is 0 Å². The number of nitrogens with one attached hydrogen (secondary N) is 1. The lowest BCUT2D eigenvalue weighted by atomic mass is 9.73. The van der Waals surface area contributed by atoms with E-state index in [-0.39, 0.29) is 17.2 Å². The zero-order valence-electron chi connectivity index (χ0n) is 23.5. The number of hydrogen-bond acceptors (Lipinski definition) is 4. The van der Waals surface area contributed by atoms with Crippen molar-refractivity contribution in [2.75, 3.05) is 26.5 Å². The summed E-state index contributed by atoms with van der Waals surface area (Å²) in [4.78, 5) is 16.0. The minimum absolute atomic E-state index is 0.0808. The van der Waals surface area contributed by atoms with E-state index in [4.69, 9.17) is 9.47 Å². The van der Waals surface area contributed by atoms with E-state index >= 15 is 0 Å². The number of nitrogens with zero attached hydrogens (tertiary/aromatic N) is 1. The lowest BCUT2D eigenvalue weighted by molar-refractivity contribution is -0.210. The Hall–Kier alpha value is -2.63. The summed E-state index contributed by atoms with van der Waals surface area (Å²) >= 11 is 0. The molecule has 42 heavy (non-hydrogen) atoms. The highest BCUT2D eigenvalue weighted by Gasteiger charge is 2.44. The maximum atomic E-state index is 13.6. The molecule has 2 heterocycles. The molecule has 1 atom stereocenters. The van der Waals surface area contributed by atoms with Crippen LogP contribution in [0.4, 0.5) is 26.3 Å². The first-order valence-electron chi connectivity index (χ1n) is 14.4. The van der Waals surface area contributed by atoms with Gasteiger partial charge < -0.3 is 19.7 Å². The monoisotopic (exact) mass is 598 g/mol. The van der Waals surface area contributed by atoms with Crippen LogP contribution >= 0.6 is 0 Å². The number of hydrogen-bond donors (Lipinski definition) is 1. The van der Waals surface area contributed by atoms with Crippen molar-refractivity contribution < 1.29 is 40.6 Å². The van der Waals surface area contributed by atoms with Gasteiger partial charge >= 0.3 is 12.4 Å². The molecule has 2 saturated heterocycles. The largest absolute Gasteiger partial charge is 0.416 e. The standard InChI is InChI=1S/C31H36F6N2O3/c1-21(22-17-24(30(32,33)34)19-25(18-22)31(35,36)37)27(40)38-29(23-5-3-2-4-6-23)9-7-26(8-10-29)39-14-11-28(12-15-39)13-16-41-20-42-28/h2-6,17-19,21,26H,7-16,20H2,1H3,(H,38,40)/t21-,26?,29?/m0/s1. The molecule has 1 amide bonds. The molecule has 2 aromatic carbocycles. The average molecular weight is 599 g/mol. The number of likely N-dealkylation sites (tertiary alicyclic amines) is 1. The molecule has 2 aromatic rings. The SMILES string of the molecule is C[C@H](C(=O)NC1(c2ccccc2)CCC(N2CCC3(CCOCO3)CC2)CC1)c1cc(C(F)(F)F)cc(C(F)(F)F)c1. The number of piperidine rings is 1. The smallest absolute Gasteiger partial charge is 0.355 e. The van der Waals surface area contributed by atoms with Gasteiger partial charge in [-0.2, -0.15) is 26.3 Å². The number of ether oxygens (including phenoxy) is 2. The van der Waals surface area contributed by atoms with Gasteiger partial charge in [-0.05, 0) is 74.8 Å². The van der Waals surface area contributed by atoms with E-state index < -0.39 is 40.8 Å². The van der Waals surface area contributed by atoms with Gasteiger partial charge in [-0.15, -0.1) is 0 Å². The predicted octanol–water partition coefficient (Wildman–Crippen LogP) is 7.01. The van der Waals surface area contributed by atoms with Gasteiger partial charge in [-0.3, -0.25) is 4.79 Å². The van der Waals surface area contributed by atoms with Crippen LogP contribution in [0.1, 0.15) is 80.0 Å². The molecule has 1 N–H and O–H groups in total. The molecule has 3 fully saturated rings. The van der Waals surface area contributed by atoms with Crippen LogP contribution in [0.5, 0.6) is 0 Å². The first-order chi connectivity index (χ1) is 19.8. The predicted molar refractivity (Wildman–Crippen MR) is 143 cm³/mol. The maximum Gasteiger partial charge on any atom is 0.416 e. The zero-order valence-corrected chi connectivity index (χ0v) is 23.5. The lowest BCUT2D eigenvalue weighted by Gasteiger charge is -2.49. The van der Waals surface area contributed by atoms with E-state index in [0.717, 1.165) is 50.8 Å². The third kappa shape index (κ3) is 6.63. The molecular weight excluding hydrogens is 562 g/mol. The highest BCUT2D eigenvalue weighted by atomic mass is 19.4. The van der Waals surface area contributed by atoms with Crippen molar-refractivity contribution in [3.63, 3.8) is 0 Å². The zero-order chi connectivity index (χ0) is 30.2. The van der Waals surface area contributed by atoms with E-state index in [1.807, 2.05) is 30.3 Å². The Balaban J connectivity index is 1.32. The summed E-state index contributed by atoms with van der Waals surface area (Å²) in [6, 6.07) is 11.1. The molecular formula is C31H36F6N2O3. The number of carbonyl (C=O) groups is 1.